The first kappa shape index (κ1) is 17.0. The highest BCUT2D eigenvalue weighted by atomic mass is 16.1. The molecule has 1 aromatic carbocycles. The molecule has 0 radical (unpaired) electrons. The van der Waals surface area contributed by atoms with Gasteiger partial charge in [-0.05, 0) is 24.5 Å². The van der Waals surface area contributed by atoms with Gasteiger partial charge in [0.2, 0.25) is 0 Å². The predicted molar refractivity (Wildman–Crippen MR) is 87.6 cm³/mol. The first-order valence-electron chi connectivity index (χ1n) is 7.41. The van der Waals surface area contributed by atoms with Gasteiger partial charge in [-0.15, -0.1) is 0 Å². The van der Waals surface area contributed by atoms with E-state index in [1.165, 1.54) is 0 Å². The molecule has 21 heavy (non-hydrogen) atoms. The molecule has 0 saturated carbocycles. The van der Waals surface area contributed by atoms with Gasteiger partial charge in [-0.25, -0.2) is 0 Å². The van der Waals surface area contributed by atoms with Crippen molar-refractivity contribution in [1.29, 1.82) is 0 Å². The normalized spacial score (nSPS) is 11.3. The van der Waals surface area contributed by atoms with Crippen LogP contribution in [-0.4, -0.2) is 38.5 Å². The molecule has 0 spiro atoms. The van der Waals surface area contributed by atoms with Gasteiger partial charge in [0.1, 0.15) is 0 Å². The number of benzene rings is 1. The molecule has 3 N–H and O–H groups in total. The Bertz CT molecular complexity index is 443. The molecule has 0 aliphatic carbocycles. The number of guanidine groups is 1. The number of hydrogen-bond donors (Lipinski definition) is 3. The zero-order chi connectivity index (χ0) is 15.5. The van der Waals surface area contributed by atoms with Crippen LogP contribution in [0.1, 0.15) is 30.6 Å². The van der Waals surface area contributed by atoms with Crippen LogP contribution in [0.4, 0.5) is 0 Å². The molecule has 5 heteroatoms. The van der Waals surface area contributed by atoms with Crippen LogP contribution in [0.3, 0.4) is 0 Å². The Morgan fingerprint density at radius 1 is 1.10 bits per heavy atom. The van der Waals surface area contributed by atoms with Gasteiger partial charge in [0.15, 0.2) is 5.96 Å². The third kappa shape index (κ3) is 7.34. The molecule has 0 aromatic heterocycles. The number of carbonyl (C=O) groups is 1. The topological polar surface area (TPSA) is 65.5 Å². The van der Waals surface area contributed by atoms with E-state index < -0.39 is 0 Å². The number of nitrogens with one attached hydrogen (secondary N) is 3. The van der Waals surface area contributed by atoms with Crippen molar-refractivity contribution in [3.63, 3.8) is 0 Å². The number of aliphatic imine (C=N–C) groups is 1. The molecule has 0 bridgehead atoms. The highest BCUT2D eigenvalue weighted by molar-refractivity contribution is 5.94. The summed E-state index contributed by atoms with van der Waals surface area (Å²) in [6, 6.07) is 9.24. The maximum absolute atomic E-state index is 11.8. The number of nitrogens with zero attached hydrogens (tertiary/aromatic N) is 1. The van der Waals surface area contributed by atoms with E-state index in [9.17, 15) is 4.79 Å². The summed E-state index contributed by atoms with van der Waals surface area (Å²) in [6.07, 6.45) is 0.848. The molecule has 0 fully saturated rings. The van der Waals surface area contributed by atoms with E-state index in [0.717, 1.165) is 25.5 Å². The van der Waals surface area contributed by atoms with Crippen molar-refractivity contribution in [2.75, 3.05) is 26.7 Å². The molecule has 0 atom stereocenters. The summed E-state index contributed by atoms with van der Waals surface area (Å²) in [6.45, 7) is 6.61. The number of hydrogen-bond acceptors (Lipinski definition) is 2. The monoisotopic (exact) mass is 290 g/mol. The molecular weight excluding hydrogens is 264 g/mol. The largest absolute Gasteiger partial charge is 0.356 e. The standard InChI is InChI=1S/C16H26N4O/c1-13(2)12-20-16(17-3)19-11-7-10-18-15(21)14-8-5-4-6-9-14/h4-6,8-9,13H,7,10-12H2,1-3H3,(H,18,21)(H2,17,19,20). The lowest BCUT2D eigenvalue weighted by Gasteiger charge is -2.13. The molecule has 1 amide bonds. The Morgan fingerprint density at radius 2 is 1.76 bits per heavy atom. The molecule has 0 saturated heterocycles. The van der Waals surface area contributed by atoms with E-state index in [1.54, 1.807) is 7.05 Å². The van der Waals surface area contributed by atoms with Gasteiger partial charge in [0.05, 0.1) is 0 Å². The van der Waals surface area contributed by atoms with E-state index in [1.807, 2.05) is 30.3 Å². The molecule has 0 aliphatic heterocycles. The maximum Gasteiger partial charge on any atom is 0.251 e. The Balaban J connectivity index is 2.15. The fourth-order valence-electron chi connectivity index (χ4n) is 1.71. The Labute approximate surface area is 127 Å². The summed E-state index contributed by atoms with van der Waals surface area (Å²) in [5, 5.41) is 9.37. The van der Waals surface area contributed by atoms with Crippen molar-refractivity contribution in [2.45, 2.75) is 20.3 Å². The van der Waals surface area contributed by atoms with E-state index in [4.69, 9.17) is 0 Å². The van der Waals surface area contributed by atoms with Crippen LogP contribution in [-0.2, 0) is 0 Å². The molecule has 1 aromatic rings. The summed E-state index contributed by atoms with van der Waals surface area (Å²) in [7, 11) is 1.76. The van der Waals surface area contributed by atoms with Crippen molar-refractivity contribution >= 4 is 11.9 Å². The predicted octanol–water partition coefficient (Wildman–Crippen LogP) is 1.63. The Kier molecular flexibility index (Phi) is 7.94. The highest BCUT2D eigenvalue weighted by Gasteiger charge is 2.03. The van der Waals surface area contributed by atoms with Gasteiger partial charge in [-0.1, -0.05) is 32.0 Å². The average Bonchev–Trinajstić information content (AvgIpc) is 2.50. The van der Waals surface area contributed by atoms with Crippen LogP contribution in [0.2, 0.25) is 0 Å². The Morgan fingerprint density at radius 3 is 2.38 bits per heavy atom. The number of amides is 1. The smallest absolute Gasteiger partial charge is 0.251 e. The average molecular weight is 290 g/mol. The molecular formula is C16H26N4O. The van der Waals surface area contributed by atoms with Crippen LogP contribution in [0.15, 0.2) is 35.3 Å². The molecule has 0 aliphatic rings. The molecule has 116 valence electrons. The molecule has 0 heterocycles. The highest BCUT2D eigenvalue weighted by Crippen LogP contribution is 1.97. The second-order valence-electron chi connectivity index (χ2n) is 5.25. The van der Waals surface area contributed by atoms with Crippen LogP contribution >= 0.6 is 0 Å². The van der Waals surface area contributed by atoms with Crippen molar-refractivity contribution in [1.82, 2.24) is 16.0 Å². The van der Waals surface area contributed by atoms with Gasteiger partial charge in [0.25, 0.3) is 5.91 Å². The number of rotatable bonds is 7. The van der Waals surface area contributed by atoms with Crippen molar-refractivity contribution < 1.29 is 4.79 Å². The minimum absolute atomic E-state index is 0.0297. The summed E-state index contributed by atoms with van der Waals surface area (Å²) < 4.78 is 0. The van der Waals surface area contributed by atoms with Gasteiger partial charge in [0, 0.05) is 32.2 Å². The fraction of sp³-hybridized carbons (Fsp3) is 0.500. The fourth-order valence-corrected chi connectivity index (χ4v) is 1.71. The van der Waals surface area contributed by atoms with E-state index >= 15 is 0 Å². The summed E-state index contributed by atoms with van der Waals surface area (Å²) in [5.41, 5.74) is 0.694. The second-order valence-corrected chi connectivity index (χ2v) is 5.25. The van der Waals surface area contributed by atoms with Crippen molar-refractivity contribution in [3.05, 3.63) is 35.9 Å². The lowest BCUT2D eigenvalue weighted by molar-refractivity contribution is 0.0953. The first-order chi connectivity index (χ1) is 10.1. The minimum atomic E-state index is -0.0297. The first-order valence-corrected chi connectivity index (χ1v) is 7.41. The lowest BCUT2D eigenvalue weighted by atomic mass is 10.2. The zero-order valence-electron chi connectivity index (χ0n) is 13.1. The van der Waals surface area contributed by atoms with E-state index in [2.05, 4.69) is 34.8 Å². The third-order valence-corrected chi connectivity index (χ3v) is 2.87. The van der Waals surface area contributed by atoms with Crippen LogP contribution in [0.25, 0.3) is 0 Å². The number of carbonyl (C=O) groups excluding carboxylic acids is 1. The molecule has 0 unspecified atom stereocenters. The zero-order valence-corrected chi connectivity index (χ0v) is 13.1. The van der Waals surface area contributed by atoms with Gasteiger partial charge in [-0.3, -0.25) is 9.79 Å². The van der Waals surface area contributed by atoms with E-state index in [0.29, 0.717) is 18.0 Å². The summed E-state index contributed by atoms with van der Waals surface area (Å²) in [5.74, 6) is 1.35. The maximum atomic E-state index is 11.8. The van der Waals surface area contributed by atoms with Crippen LogP contribution in [0, 0.1) is 5.92 Å². The lowest BCUT2D eigenvalue weighted by Crippen LogP contribution is -2.40. The third-order valence-electron chi connectivity index (χ3n) is 2.87. The Hall–Kier alpha value is -2.04. The van der Waals surface area contributed by atoms with Crippen molar-refractivity contribution in [3.8, 4) is 0 Å². The second kappa shape index (κ2) is 9.80. The molecule has 5 nitrogen and oxygen atoms in total. The van der Waals surface area contributed by atoms with Gasteiger partial charge < -0.3 is 16.0 Å². The van der Waals surface area contributed by atoms with E-state index in [-0.39, 0.29) is 5.91 Å². The van der Waals surface area contributed by atoms with Gasteiger partial charge >= 0.3 is 0 Å². The van der Waals surface area contributed by atoms with Crippen LogP contribution < -0.4 is 16.0 Å². The van der Waals surface area contributed by atoms with Gasteiger partial charge in [-0.2, -0.15) is 0 Å². The van der Waals surface area contributed by atoms with Crippen molar-refractivity contribution in [2.24, 2.45) is 10.9 Å². The van der Waals surface area contributed by atoms with Crippen LogP contribution in [0.5, 0.6) is 0 Å². The minimum Gasteiger partial charge on any atom is -0.356 e. The molecule has 1 rings (SSSR count). The quantitative estimate of drug-likeness (QED) is 0.406. The SMILES string of the molecule is CN=C(NCCCNC(=O)c1ccccc1)NCC(C)C. The summed E-state index contributed by atoms with van der Waals surface area (Å²) in [4.78, 5) is 16.0. The summed E-state index contributed by atoms with van der Waals surface area (Å²) >= 11 is 0.